The zero-order valence-electron chi connectivity index (χ0n) is 12.8. The van der Waals surface area contributed by atoms with Crippen molar-refractivity contribution in [3.8, 4) is 23.3 Å². The van der Waals surface area contributed by atoms with Crippen LogP contribution in [0.3, 0.4) is 0 Å². The lowest BCUT2D eigenvalue weighted by Gasteiger charge is -2.15. The molecule has 0 aromatic heterocycles. The molecule has 0 heterocycles. The number of benzene rings is 2. The molecule has 3 nitrogen and oxygen atoms in total. The maximum absolute atomic E-state index is 9.22. The molecular weight excluding hydrogens is 262 g/mol. The Morgan fingerprint density at radius 3 is 2.43 bits per heavy atom. The van der Waals surface area contributed by atoms with E-state index in [9.17, 15) is 5.26 Å². The van der Waals surface area contributed by atoms with Crippen LogP contribution in [-0.2, 0) is 0 Å². The molecule has 0 aliphatic rings. The first kappa shape index (κ1) is 14.9. The largest absolute Gasteiger partial charge is 0.497 e. The van der Waals surface area contributed by atoms with E-state index in [0.717, 1.165) is 16.9 Å². The summed E-state index contributed by atoms with van der Waals surface area (Å²) in [7, 11) is 1.59. The number of nitriles is 1. The summed E-state index contributed by atoms with van der Waals surface area (Å²) in [6.45, 7) is 6.26. The summed E-state index contributed by atoms with van der Waals surface area (Å²) in [5.41, 5.74) is 2.73. The topological polar surface area (TPSA) is 42.2 Å². The van der Waals surface area contributed by atoms with Crippen LogP contribution in [0.15, 0.2) is 36.4 Å². The Morgan fingerprint density at radius 1 is 1.05 bits per heavy atom. The van der Waals surface area contributed by atoms with Gasteiger partial charge in [0, 0.05) is 6.07 Å². The lowest BCUT2D eigenvalue weighted by molar-refractivity contribution is 0.408. The Balaban J connectivity index is 2.47. The number of aryl methyl sites for hydroxylation is 1. The van der Waals surface area contributed by atoms with E-state index in [0.29, 0.717) is 23.0 Å². The van der Waals surface area contributed by atoms with Crippen molar-refractivity contribution in [3.05, 3.63) is 53.1 Å². The number of hydrogen-bond donors (Lipinski definition) is 0. The van der Waals surface area contributed by atoms with Gasteiger partial charge in [0.05, 0.1) is 12.7 Å². The van der Waals surface area contributed by atoms with Gasteiger partial charge >= 0.3 is 0 Å². The molecular formula is C18H19NO2. The zero-order valence-corrected chi connectivity index (χ0v) is 12.8. The Kier molecular flexibility index (Phi) is 4.49. The van der Waals surface area contributed by atoms with Gasteiger partial charge in [-0.2, -0.15) is 5.26 Å². The second-order valence-corrected chi connectivity index (χ2v) is 5.27. The fourth-order valence-electron chi connectivity index (χ4n) is 2.13. The van der Waals surface area contributed by atoms with Crippen molar-refractivity contribution < 1.29 is 9.47 Å². The first-order chi connectivity index (χ1) is 10.0. The number of rotatable bonds is 4. The number of nitrogens with zero attached hydrogens (tertiary/aromatic N) is 1. The molecule has 2 rings (SSSR count). The normalized spacial score (nSPS) is 10.3. The average Bonchev–Trinajstić information content (AvgIpc) is 2.47. The van der Waals surface area contributed by atoms with Gasteiger partial charge in [-0.1, -0.05) is 26.0 Å². The lowest BCUT2D eigenvalue weighted by Crippen LogP contribution is -1.96. The monoisotopic (exact) mass is 281 g/mol. The highest BCUT2D eigenvalue weighted by atomic mass is 16.5. The SMILES string of the molecule is COc1ccc(C#N)c(Oc2cc(C)ccc2C(C)C)c1. The lowest BCUT2D eigenvalue weighted by atomic mass is 10.0. The van der Waals surface area contributed by atoms with Crippen molar-refractivity contribution in [1.29, 1.82) is 5.26 Å². The van der Waals surface area contributed by atoms with Gasteiger partial charge in [-0.05, 0) is 42.2 Å². The molecule has 0 unspecified atom stereocenters. The van der Waals surface area contributed by atoms with E-state index >= 15 is 0 Å². The van der Waals surface area contributed by atoms with Crippen molar-refractivity contribution in [2.75, 3.05) is 7.11 Å². The highest BCUT2D eigenvalue weighted by molar-refractivity contribution is 5.51. The summed E-state index contributed by atoms with van der Waals surface area (Å²) in [6, 6.07) is 13.5. The molecule has 0 amide bonds. The molecule has 108 valence electrons. The van der Waals surface area contributed by atoms with Crippen molar-refractivity contribution in [1.82, 2.24) is 0 Å². The minimum absolute atomic E-state index is 0.344. The van der Waals surface area contributed by atoms with Gasteiger partial charge in [-0.3, -0.25) is 0 Å². The van der Waals surface area contributed by atoms with Gasteiger partial charge in [0.2, 0.25) is 0 Å². The van der Waals surface area contributed by atoms with E-state index < -0.39 is 0 Å². The number of ether oxygens (including phenoxy) is 2. The zero-order chi connectivity index (χ0) is 15.4. The smallest absolute Gasteiger partial charge is 0.148 e. The Labute approximate surface area is 125 Å². The van der Waals surface area contributed by atoms with Gasteiger partial charge < -0.3 is 9.47 Å². The van der Waals surface area contributed by atoms with Gasteiger partial charge in [-0.15, -0.1) is 0 Å². The third-order valence-corrected chi connectivity index (χ3v) is 3.32. The quantitative estimate of drug-likeness (QED) is 0.809. The summed E-state index contributed by atoms with van der Waals surface area (Å²) in [5, 5.41) is 9.22. The Hall–Kier alpha value is -2.47. The Bertz CT molecular complexity index is 684. The van der Waals surface area contributed by atoms with Crippen LogP contribution >= 0.6 is 0 Å². The molecule has 0 saturated carbocycles. The molecule has 0 aliphatic carbocycles. The highest BCUT2D eigenvalue weighted by Crippen LogP contribution is 2.34. The van der Waals surface area contributed by atoms with E-state index in [1.165, 1.54) is 0 Å². The van der Waals surface area contributed by atoms with Crippen LogP contribution in [0.5, 0.6) is 17.2 Å². The summed E-state index contributed by atoms with van der Waals surface area (Å²) >= 11 is 0. The molecule has 0 aliphatic heterocycles. The van der Waals surface area contributed by atoms with Crippen molar-refractivity contribution in [2.24, 2.45) is 0 Å². The summed E-state index contributed by atoms with van der Waals surface area (Å²) in [5.74, 6) is 2.32. The second-order valence-electron chi connectivity index (χ2n) is 5.27. The van der Waals surface area contributed by atoms with Crippen molar-refractivity contribution in [3.63, 3.8) is 0 Å². The molecule has 0 saturated heterocycles. The maximum Gasteiger partial charge on any atom is 0.148 e. The number of hydrogen-bond acceptors (Lipinski definition) is 3. The van der Waals surface area contributed by atoms with Gasteiger partial charge in [0.25, 0.3) is 0 Å². The van der Waals surface area contributed by atoms with E-state index in [1.54, 1.807) is 25.3 Å². The fraction of sp³-hybridized carbons (Fsp3) is 0.278. The standard InChI is InChI=1S/C18H19NO2/c1-12(2)16-8-5-13(3)9-18(16)21-17-10-15(20-4)7-6-14(17)11-19/h5-10,12H,1-4H3. The fourth-order valence-corrected chi connectivity index (χ4v) is 2.13. The molecule has 0 spiro atoms. The molecule has 0 bridgehead atoms. The first-order valence-corrected chi connectivity index (χ1v) is 6.91. The van der Waals surface area contributed by atoms with Gasteiger partial charge in [-0.25, -0.2) is 0 Å². The highest BCUT2D eigenvalue weighted by Gasteiger charge is 2.12. The average molecular weight is 281 g/mol. The third-order valence-electron chi connectivity index (χ3n) is 3.32. The van der Waals surface area contributed by atoms with E-state index in [4.69, 9.17) is 9.47 Å². The molecule has 21 heavy (non-hydrogen) atoms. The van der Waals surface area contributed by atoms with Crippen LogP contribution in [0.1, 0.15) is 36.5 Å². The van der Waals surface area contributed by atoms with Crippen LogP contribution in [-0.4, -0.2) is 7.11 Å². The molecule has 0 fully saturated rings. The predicted molar refractivity (Wildman–Crippen MR) is 83.1 cm³/mol. The van der Waals surface area contributed by atoms with Crippen molar-refractivity contribution in [2.45, 2.75) is 26.7 Å². The Morgan fingerprint density at radius 2 is 1.81 bits per heavy atom. The van der Waals surface area contributed by atoms with Crippen LogP contribution in [0, 0.1) is 18.3 Å². The van der Waals surface area contributed by atoms with Crippen LogP contribution in [0.4, 0.5) is 0 Å². The van der Waals surface area contributed by atoms with Crippen molar-refractivity contribution >= 4 is 0 Å². The molecule has 0 radical (unpaired) electrons. The minimum Gasteiger partial charge on any atom is -0.497 e. The van der Waals surface area contributed by atoms with Gasteiger partial charge in [0.15, 0.2) is 0 Å². The predicted octanol–water partition coefficient (Wildman–Crippen LogP) is 4.79. The molecule has 3 heteroatoms. The number of methoxy groups -OCH3 is 1. The van der Waals surface area contributed by atoms with E-state index in [2.05, 4.69) is 32.0 Å². The molecule has 2 aromatic carbocycles. The summed E-state index contributed by atoms with van der Waals surface area (Å²) in [6.07, 6.45) is 0. The minimum atomic E-state index is 0.344. The van der Waals surface area contributed by atoms with Crippen LogP contribution in [0.25, 0.3) is 0 Å². The summed E-state index contributed by atoms with van der Waals surface area (Å²) in [4.78, 5) is 0. The molecule has 2 aromatic rings. The molecule has 0 atom stereocenters. The van der Waals surface area contributed by atoms with Crippen LogP contribution in [0.2, 0.25) is 0 Å². The van der Waals surface area contributed by atoms with Gasteiger partial charge in [0.1, 0.15) is 23.3 Å². The van der Waals surface area contributed by atoms with Crippen LogP contribution < -0.4 is 9.47 Å². The first-order valence-electron chi connectivity index (χ1n) is 6.91. The second kappa shape index (κ2) is 6.32. The summed E-state index contributed by atoms with van der Waals surface area (Å²) < 4.78 is 11.2. The van der Waals surface area contributed by atoms with E-state index in [1.807, 2.05) is 13.0 Å². The maximum atomic E-state index is 9.22. The third kappa shape index (κ3) is 3.35. The van der Waals surface area contributed by atoms with E-state index in [-0.39, 0.29) is 0 Å². The molecule has 0 N–H and O–H groups in total.